The van der Waals surface area contributed by atoms with Crippen molar-refractivity contribution in [1.29, 1.82) is 0 Å². The summed E-state index contributed by atoms with van der Waals surface area (Å²) in [5, 5.41) is 3.21. The topological polar surface area (TPSA) is 97.8 Å². The molecule has 0 saturated carbocycles. The van der Waals surface area contributed by atoms with Gasteiger partial charge in [0.1, 0.15) is 0 Å². The van der Waals surface area contributed by atoms with Crippen LogP contribution in [0.2, 0.25) is 0 Å². The molecule has 1 aliphatic heterocycles. The molecule has 0 radical (unpaired) electrons. The lowest BCUT2D eigenvalue weighted by Gasteiger charge is -2.13. The number of benzene rings is 2. The number of aromatic nitrogens is 1. The first-order valence-corrected chi connectivity index (χ1v) is 9.61. The highest BCUT2D eigenvalue weighted by atomic mass is 32.1. The van der Waals surface area contributed by atoms with Gasteiger partial charge >= 0.3 is 0 Å². The van der Waals surface area contributed by atoms with Crippen molar-refractivity contribution in [3.8, 4) is 11.5 Å². The minimum atomic E-state index is -0.339. The number of nitrogens with one attached hydrogen (secondary N) is 1. The number of nitrogens with zero attached hydrogens (tertiary/aromatic N) is 2. The van der Waals surface area contributed by atoms with E-state index in [9.17, 15) is 14.4 Å². The Morgan fingerprint density at radius 1 is 1.03 bits per heavy atom. The van der Waals surface area contributed by atoms with Crippen molar-refractivity contribution >= 4 is 50.1 Å². The van der Waals surface area contributed by atoms with Gasteiger partial charge in [-0.25, -0.2) is 4.98 Å². The Morgan fingerprint density at radius 3 is 2.28 bits per heavy atom. The maximum absolute atomic E-state index is 12.6. The van der Waals surface area contributed by atoms with Gasteiger partial charge in [-0.2, -0.15) is 0 Å². The fourth-order valence-electron chi connectivity index (χ4n) is 3.10. The van der Waals surface area contributed by atoms with E-state index >= 15 is 0 Å². The lowest BCUT2D eigenvalue weighted by Crippen LogP contribution is -2.28. The molecule has 1 aromatic heterocycles. The molecule has 2 heterocycles. The summed E-state index contributed by atoms with van der Waals surface area (Å²) in [4.78, 5) is 41.8. The van der Waals surface area contributed by atoms with Crippen LogP contribution >= 0.6 is 11.3 Å². The minimum Gasteiger partial charge on any atom is -0.493 e. The molecule has 1 saturated heterocycles. The summed E-state index contributed by atoms with van der Waals surface area (Å²) in [5.41, 5.74) is 1.54. The van der Waals surface area contributed by atoms with Crippen LogP contribution in [0.15, 0.2) is 36.4 Å². The van der Waals surface area contributed by atoms with Crippen LogP contribution in [0.4, 0.5) is 10.8 Å². The van der Waals surface area contributed by atoms with Gasteiger partial charge in [0.25, 0.3) is 5.91 Å². The summed E-state index contributed by atoms with van der Waals surface area (Å²) in [6.45, 7) is 0. The number of fused-ring (bicyclic) bond motifs is 1. The molecule has 1 fully saturated rings. The van der Waals surface area contributed by atoms with Crippen LogP contribution in [0.3, 0.4) is 0 Å². The van der Waals surface area contributed by atoms with Gasteiger partial charge < -0.3 is 9.47 Å². The van der Waals surface area contributed by atoms with Gasteiger partial charge in [-0.15, -0.1) is 0 Å². The molecule has 0 unspecified atom stereocenters. The highest BCUT2D eigenvalue weighted by Gasteiger charge is 2.30. The Balaban J connectivity index is 1.53. The molecule has 0 spiro atoms. The Kier molecular flexibility index (Phi) is 4.89. The maximum atomic E-state index is 12.6. The molecular weight excluding hydrogens is 394 g/mol. The third-order valence-corrected chi connectivity index (χ3v) is 5.49. The molecule has 148 valence electrons. The monoisotopic (exact) mass is 411 g/mol. The molecule has 29 heavy (non-hydrogen) atoms. The number of carbonyl (C=O) groups is 3. The average molecular weight is 411 g/mol. The molecule has 1 N–H and O–H groups in total. The van der Waals surface area contributed by atoms with Crippen LogP contribution < -0.4 is 19.7 Å². The number of methoxy groups -OCH3 is 2. The first-order chi connectivity index (χ1) is 14.0. The quantitative estimate of drug-likeness (QED) is 0.648. The Morgan fingerprint density at radius 2 is 1.66 bits per heavy atom. The fourth-order valence-corrected chi connectivity index (χ4v) is 3.98. The first kappa shape index (κ1) is 18.9. The number of carbonyl (C=O) groups excluding carboxylic acids is 3. The van der Waals surface area contributed by atoms with Crippen LogP contribution in [0.25, 0.3) is 10.2 Å². The number of hydrogen-bond acceptors (Lipinski definition) is 7. The summed E-state index contributed by atoms with van der Waals surface area (Å²) in [7, 11) is 3.10. The molecule has 0 aliphatic carbocycles. The highest BCUT2D eigenvalue weighted by Crippen LogP contribution is 2.36. The third kappa shape index (κ3) is 3.52. The number of thiazole rings is 1. The number of amides is 3. The molecule has 3 amide bonds. The van der Waals surface area contributed by atoms with Crippen LogP contribution in [0.5, 0.6) is 11.5 Å². The fraction of sp³-hybridized carbons (Fsp3) is 0.200. The highest BCUT2D eigenvalue weighted by molar-refractivity contribution is 7.22. The lowest BCUT2D eigenvalue weighted by atomic mass is 10.2. The minimum absolute atomic E-state index is 0.217. The molecule has 9 heteroatoms. The van der Waals surface area contributed by atoms with Gasteiger partial charge in [0, 0.05) is 30.5 Å². The van der Waals surface area contributed by atoms with Gasteiger partial charge in [-0.1, -0.05) is 11.3 Å². The van der Waals surface area contributed by atoms with Crippen LogP contribution in [0.1, 0.15) is 23.2 Å². The molecule has 2 aromatic carbocycles. The summed E-state index contributed by atoms with van der Waals surface area (Å²) in [6.07, 6.45) is 0.433. The van der Waals surface area contributed by atoms with Crippen LogP contribution in [0, 0.1) is 0 Å². The normalized spacial score (nSPS) is 13.8. The van der Waals surface area contributed by atoms with E-state index < -0.39 is 0 Å². The number of hydrogen-bond donors (Lipinski definition) is 1. The molecule has 8 nitrogen and oxygen atoms in total. The lowest BCUT2D eigenvalue weighted by molar-refractivity contribution is -0.121. The van der Waals surface area contributed by atoms with Crippen molar-refractivity contribution in [1.82, 2.24) is 4.98 Å². The Hall–Kier alpha value is -3.46. The molecular formula is C20H17N3O5S. The number of ether oxygens (including phenoxy) is 2. The molecule has 0 bridgehead atoms. The van der Waals surface area contributed by atoms with E-state index in [1.165, 1.54) is 11.3 Å². The maximum Gasteiger partial charge on any atom is 0.257 e. The Labute approximate surface area is 170 Å². The van der Waals surface area contributed by atoms with Gasteiger partial charge in [-0.3, -0.25) is 24.6 Å². The largest absolute Gasteiger partial charge is 0.493 e. The standard InChI is InChI=1S/C20H17N3O5S/c1-27-14-9-13-16(10-15(14)28-2)29-20(21-13)22-19(26)11-3-5-12(6-4-11)23-17(24)7-8-18(23)25/h3-6,9-10H,7-8H2,1-2H3,(H,21,22,26). The van der Waals surface area contributed by atoms with Gasteiger partial charge in [0.15, 0.2) is 16.6 Å². The summed E-state index contributed by atoms with van der Waals surface area (Å²) >= 11 is 1.32. The zero-order valence-electron chi connectivity index (χ0n) is 15.7. The van der Waals surface area contributed by atoms with Crippen molar-refractivity contribution in [2.45, 2.75) is 12.8 Å². The van der Waals surface area contributed by atoms with Gasteiger partial charge in [0.2, 0.25) is 11.8 Å². The zero-order valence-corrected chi connectivity index (χ0v) is 16.5. The predicted octanol–water partition coefficient (Wildman–Crippen LogP) is 3.22. The van der Waals surface area contributed by atoms with Crippen molar-refractivity contribution in [2.24, 2.45) is 0 Å². The van der Waals surface area contributed by atoms with E-state index in [1.807, 2.05) is 0 Å². The smallest absolute Gasteiger partial charge is 0.257 e. The third-order valence-electron chi connectivity index (χ3n) is 4.55. The average Bonchev–Trinajstić information content (AvgIpc) is 3.28. The summed E-state index contributed by atoms with van der Waals surface area (Å²) in [6, 6.07) is 9.87. The second kappa shape index (κ2) is 7.51. The number of anilines is 2. The number of rotatable bonds is 5. The van der Waals surface area contributed by atoms with E-state index in [4.69, 9.17) is 9.47 Å². The predicted molar refractivity (Wildman–Crippen MR) is 109 cm³/mol. The van der Waals surface area contributed by atoms with E-state index in [2.05, 4.69) is 10.3 Å². The second-order valence-electron chi connectivity index (χ2n) is 6.32. The summed E-state index contributed by atoms with van der Waals surface area (Å²) in [5.74, 6) is 0.349. The second-order valence-corrected chi connectivity index (χ2v) is 7.35. The molecule has 1 aliphatic rings. The van der Waals surface area contributed by atoms with Crippen LogP contribution in [-0.2, 0) is 9.59 Å². The van der Waals surface area contributed by atoms with Gasteiger partial charge in [-0.05, 0) is 24.3 Å². The molecule has 0 atom stereocenters. The number of imide groups is 1. The first-order valence-electron chi connectivity index (χ1n) is 8.80. The van der Waals surface area contributed by atoms with E-state index in [0.29, 0.717) is 33.4 Å². The van der Waals surface area contributed by atoms with Gasteiger partial charge in [0.05, 0.1) is 30.1 Å². The molecule has 3 aromatic rings. The molecule has 4 rings (SSSR count). The van der Waals surface area contributed by atoms with Crippen molar-refractivity contribution in [2.75, 3.05) is 24.4 Å². The van der Waals surface area contributed by atoms with Crippen molar-refractivity contribution in [3.05, 3.63) is 42.0 Å². The zero-order chi connectivity index (χ0) is 20.5. The Bertz CT molecular complexity index is 1070. The van der Waals surface area contributed by atoms with Crippen LogP contribution in [-0.4, -0.2) is 36.9 Å². The van der Waals surface area contributed by atoms with Crippen molar-refractivity contribution in [3.63, 3.8) is 0 Å². The SMILES string of the molecule is COc1cc2nc(NC(=O)c3ccc(N4C(=O)CCC4=O)cc3)sc2cc1OC. The van der Waals surface area contributed by atoms with E-state index in [1.54, 1.807) is 50.6 Å². The van der Waals surface area contributed by atoms with E-state index in [-0.39, 0.29) is 30.6 Å². The summed E-state index contributed by atoms with van der Waals surface area (Å²) < 4.78 is 11.4. The van der Waals surface area contributed by atoms with E-state index in [0.717, 1.165) is 9.60 Å². The van der Waals surface area contributed by atoms with Crippen molar-refractivity contribution < 1.29 is 23.9 Å².